The van der Waals surface area contributed by atoms with Crippen LogP contribution in [-0.2, 0) is 28.8 Å². The molecule has 0 fully saturated rings. The average molecular weight is 448 g/mol. The third-order valence-corrected chi connectivity index (χ3v) is 3.96. The zero-order valence-corrected chi connectivity index (χ0v) is 16.6. The molecule has 4 unspecified atom stereocenters. The van der Waals surface area contributed by atoms with Crippen molar-refractivity contribution in [3.8, 4) is 0 Å². The van der Waals surface area contributed by atoms with Gasteiger partial charge in [-0.2, -0.15) is 0 Å². The number of hydrogen-bond acceptors (Lipinski definition) is 9. The van der Waals surface area contributed by atoms with E-state index >= 15 is 0 Å². The number of aliphatic carboxylic acids is 1. The maximum absolute atomic E-state index is 12.5. The quantitative estimate of drug-likeness (QED) is 0.114. The molecule has 4 atom stereocenters. The topological polar surface area (TPSA) is 277 Å². The smallest absolute Gasteiger partial charge is 0.326 e. The largest absolute Gasteiger partial charge is 0.480 e. The van der Waals surface area contributed by atoms with Crippen molar-refractivity contribution in [2.45, 2.75) is 49.9 Å². The number of primary amides is 2. The van der Waals surface area contributed by atoms with Gasteiger partial charge in [-0.05, 0) is 12.8 Å². The van der Waals surface area contributed by atoms with Gasteiger partial charge >= 0.3 is 5.97 Å². The molecule has 176 valence electrons. The van der Waals surface area contributed by atoms with Gasteiger partial charge in [0.25, 0.3) is 0 Å². The van der Waals surface area contributed by atoms with E-state index < -0.39 is 72.9 Å². The Kier molecular flexibility index (Phi) is 12.4. The lowest BCUT2D eigenvalue weighted by molar-refractivity contribution is -0.143. The van der Waals surface area contributed by atoms with Crippen molar-refractivity contribution < 1.29 is 44.1 Å². The number of nitrogens with one attached hydrogen (secondary N) is 3. The Bertz CT molecular complexity index is 686. The summed E-state index contributed by atoms with van der Waals surface area (Å²) >= 11 is 0. The van der Waals surface area contributed by atoms with Gasteiger partial charge in [-0.25, -0.2) is 4.79 Å². The molecule has 0 bridgehead atoms. The van der Waals surface area contributed by atoms with Gasteiger partial charge in [-0.15, -0.1) is 0 Å². The molecule has 0 saturated heterocycles. The summed E-state index contributed by atoms with van der Waals surface area (Å²) in [5.41, 5.74) is 15.3. The first kappa shape index (κ1) is 27.7. The van der Waals surface area contributed by atoms with Crippen molar-refractivity contribution in [3.63, 3.8) is 0 Å². The molecule has 5 amide bonds. The highest BCUT2D eigenvalue weighted by Gasteiger charge is 2.30. The number of nitrogens with two attached hydrogens (primary N) is 3. The Labute approximate surface area is 176 Å². The molecule has 0 rings (SSSR count). The SMILES string of the molecule is NC(=O)CCC(NC(=O)C(CO)NC(=O)C(CCC(N)=O)NC(=O)C(N)CO)C(=O)O. The van der Waals surface area contributed by atoms with Gasteiger partial charge < -0.3 is 48.5 Å². The van der Waals surface area contributed by atoms with Crippen molar-refractivity contribution in [1.82, 2.24) is 16.0 Å². The van der Waals surface area contributed by atoms with Crippen LogP contribution in [0.4, 0.5) is 0 Å². The van der Waals surface area contributed by atoms with Gasteiger partial charge in [-0.3, -0.25) is 24.0 Å². The van der Waals surface area contributed by atoms with Crippen molar-refractivity contribution in [3.05, 3.63) is 0 Å². The molecule has 12 N–H and O–H groups in total. The average Bonchev–Trinajstić information content (AvgIpc) is 2.70. The summed E-state index contributed by atoms with van der Waals surface area (Å²) in [5, 5.41) is 33.8. The fourth-order valence-electron chi connectivity index (χ4n) is 2.20. The number of hydrogen-bond donors (Lipinski definition) is 9. The first-order valence-electron chi connectivity index (χ1n) is 9.10. The predicted octanol–water partition coefficient (Wildman–Crippen LogP) is -5.63. The molecular weight excluding hydrogens is 420 g/mol. The number of aliphatic hydroxyl groups excluding tert-OH is 2. The van der Waals surface area contributed by atoms with Crippen LogP contribution < -0.4 is 33.2 Å². The standard InChI is InChI=1S/C16H28N6O9/c17-7(5-23)13(27)20-8(1-3-11(18)25)14(28)22-10(6-24)15(29)21-9(16(30)31)2-4-12(19)26/h7-10,23-24H,1-6,17H2,(H2,18,25)(H2,19,26)(H,20,27)(H,21,29)(H,22,28)(H,30,31). The van der Waals surface area contributed by atoms with E-state index in [1.807, 2.05) is 0 Å². The zero-order chi connectivity index (χ0) is 24.1. The Hall–Kier alpha value is -3.30. The van der Waals surface area contributed by atoms with Gasteiger partial charge in [0, 0.05) is 12.8 Å². The van der Waals surface area contributed by atoms with Crippen LogP contribution in [0, 0.1) is 0 Å². The van der Waals surface area contributed by atoms with E-state index in [0.717, 1.165) is 0 Å². The van der Waals surface area contributed by atoms with Crippen LogP contribution in [0.2, 0.25) is 0 Å². The number of carboxylic acids is 1. The molecule has 15 heteroatoms. The lowest BCUT2D eigenvalue weighted by Gasteiger charge is -2.24. The van der Waals surface area contributed by atoms with Crippen molar-refractivity contribution in [2.75, 3.05) is 13.2 Å². The fraction of sp³-hybridized carbons (Fsp3) is 0.625. The van der Waals surface area contributed by atoms with Crippen LogP contribution >= 0.6 is 0 Å². The minimum Gasteiger partial charge on any atom is -0.480 e. The van der Waals surface area contributed by atoms with Gasteiger partial charge in [0.05, 0.1) is 13.2 Å². The molecule has 31 heavy (non-hydrogen) atoms. The van der Waals surface area contributed by atoms with E-state index in [2.05, 4.69) is 16.0 Å². The molecule has 0 aliphatic carbocycles. The first-order chi connectivity index (χ1) is 14.4. The van der Waals surface area contributed by atoms with Crippen LogP contribution in [0.3, 0.4) is 0 Å². The molecule has 0 aromatic rings. The lowest BCUT2D eigenvalue weighted by atomic mass is 10.1. The number of carbonyl (C=O) groups excluding carboxylic acids is 5. The van der Waals surface area contributed by atoms with Gasteiger partial charge in [-0.1, -0.05) is 0 Å². The fourth-order valence-corrected chi connectivity index (χ4v) is 2.20. The Balaban J connectivity index is 5.23. The van der Waals surface area contributed by atoms with Crippen LogP contribution in [0.25, 0.3) is 0 Å². The van der Waals surface area contributed by atoms with Gasteiger partial charge in [0.1, 0.15) is 24.2 Å². The zero-order valence-electron chi connectivity index (χ0n) is 16.6. The monoisotopic (exact) mass is 448 g/mol. The minimum atomic E-state index is -1.62. The highest BCUT2D eigenvalue weighted by atomic mass is 16.4. The van der Waals surface area contributed by atoms with Crippen LogP contribution in [0.1, 0.15) is 25.7 Å². The number of carbonyl (C=O) groups is 6. The Morgan fingerprint density at radius 1 is 0.677 bits per heavy atom. The summed E-state index contributed by atoms with van der Waals surface area (Å²) in [6.07, 6.45) is -1.25. The van der Waals surface area contributed by atoms with E-state index in [4.69, 9.17) is 27.4 Å². The minimum absolute atomic E-state index is 0.277. The molecule has 15 nitrogen and oxygen atoms in total. The molecular formula is C16H28N6O9. The summed E-state index contributed by atoms with van der Waals surface area (Å²) < 4.78 is 0. The third-order valence-electron chi connectivity index (χ3n) is 3.96. The van der Waals surface area contributed by atoms with Gasteiger partial charge in [0.2, 0.25) is 29.5 Å². The van der Waals surface area contributed by atoms with E-state index in [1.54, 1.807) is 0 Å². The maximum atomic E-state index is 12.5. The summed E-state index contributed by atoms with van der Waals surface area (Å²) in [6, 6.07) is -5.90. The molecule has 0 aliphatic heterocycles. The van der Waals surface area contributed by atoms with Gasteiger partial charge in [0.15, 0.2) is 0 Å². The van der Waals surface area contributed by atoms with Crippen LogP contribution in [0.5, 0.6) is 0 Å². The molecule has 0 aromatic carbocycles. The second-order valence-corrected chi connectivity index (χ2v) is 6.50. The summed E-state index contributed by atoms with van der Waals surface area (Å²) in [5.74, 6) is -6.05. The van der Waals surface area contributed by atoms with E-state index in [1.165, 1.54) is 0 Å². The number of amides is 5. The highest BCUT2D eigenvalue weighted by molar-refractivity contribution is 5.94. The normalized spacial score (nSPS) is 14.4. The molecule has 0 aromatic heterocycles. The molecule has 0 heterocycles. The molecule has 0 spiro atoms. The first-order valence-corrected chi connectivity index (χ1v) is 9.10. The van der Waals surface area contributed by atoms with Crippen molar-refractivity contribution in [1.29, 1.82) is 0 Å². The predicted molar refractivity (Wildman–Crippen MR) is 102 cm³/mol. The summed E-state index contributed by atoms with van der Waals surface area (Å²) in [6.45, 7) is -1.66. The second-order valence-electron chi connectivity index (χ2n) is 6.50. The highest BCUT2D eigenvalue weighted by Crippen LogP contribution is 2.02. The van der Waals surface area contributed by atoms with E-state index in [0.29, 0.717) is 0 Å². The molecule has 0 saturated carbocycles. The van der Waals surface area contributed by atoms with Crippen molar-refractivity contribution in [2.24, 2.45) is 17.2 Å². The lowest BCUT2D eigenvalue weighted by Crippen LogP contribution is -2.58. The number of aliphatic hydroxyl groups is 2. The van der Waals surface area contributed by atoms with Crippen molar-refractivity contribution >= 4 is 35.5 Å². The number of rotatable bonds is 15. The van der Waals surface area contributed by atoms with Crippen LogP contribution in [0.15, 0.2) is 0 Å². The van der Waals surface area contributed by atoms with E-state index in [9.17, 15) is 33.9 Å². The summed E-state index contributed by atoms with van der Waals surface area (Å²) in [4.78, 5) is 69.6. The second kappa shape index (κ2) is 13.8. The maximum Gasteiger partial charge on any atom is 0.326 e. The molecule has 0 aliphatic rings. The van der Waals surface area contributed by atoms with E-state index in [-0.39, 0.29) is 25.7 Å². The Morgan fingerprint density at radius 3 is 1.52 bits per heavy atom. The Morgan fingerprint density at radius 2 is 1.10 bits per heavy atom. The third kappa shape index (κ3) is 10.9. The summed E-state index contributed by atoms with van der Waals surface area (Å²) in [7, 11) is 0. The van der Waals surface area contributed by atoms with Crippen LogP contribution in [-0.4, -0.2) is 88.2 Å². The number of carboxylic acid groups (broad SMARTS) is 1. The molecule has 0 radical (unpaired) electrons.